The number of para-hydroxylation sites is 1. The van der Waals surface area contributed by atoms with Crippen molar-refractivity contribution in [1.82, 2.24) is 14.3 Å². The first kappa shape index (κ1) is 18.4. The van der Waals surface area contributed by atoms with Crippen molar-refractivity contribution >= 4 is 29.0 Å². The third-order valence-corrected chi connectivity index (χ3v) is 4.88. The molecule has 0 aliphatic carbocycles. The average molecular weight is 379 g/mol. The Balaban J connectivity index is 1.96. The molecule has 7 nitrogen and oxygen atoms in total. The number of rotatable bonds is 4. The van der Waals surface area contributed by atoms with Crippen molar-refractivity contribution in [3.63, 3.8) is 0 Å². The van der Waals surface area contributed by atoms with E-state index in [-0.39, 0.29) is 16.8 Å². The summed E-state index contributed by atoms with van der Waals surface area (Å²) in [5, 5.41) is 14.5. The number of nitrogens with zero attached hydrogens (tertiary/aromatic N) is 4. The predicted molar refractivity (Wildman–Crippen MR) is 105 cm³/mol. The monoisotopic (exact) mass is 379 g/mol. The molecule has 1 aromatic carbocycles. The van der Waals surface area contributed by atoms with E-state index in [1.807, 2.05) is 31.2 Å². The van der Waals surface area contributed by atoms with Crippen LogP contribution in [0.5, 0.6) is 0 Å². The molecule has 136 valence electrons. The van der Waals surface area contributed by atoms with Crippen molar-refractivity contribution in [2.24, 2.45) is 7.05 Å². The predicted octanol–water partition coefficient (Wildman–Crippen LogP) is 2.80. The Kier molecular flexibility index (Phi) is 5.05. The third-order valence-electron chi connectivity index (χ3n) is 4.09. The van der Waals surface area contributed by atoms with Gasteiger partial charge < -0.3 is 5.32 Å². The first-order valence-corrected chi connectivity index (χ1v) is 8.99. The van der Waals surface area contributed by atoms with Crippen molar-refractivity contribution in [2.45, 2.75) is 13.8 Å². The maximum atomic E-state index is 12.8. The molecule has 0 radical (unpaired) electrons. The molecule has 8 heteroatoms. The Morgan fingerprint density at radius 2 is 2.00 bits per heavy atom. The Labute approximate surface area is 159 Å². The summed E-state index contributed by atoms with van der Waals surface area (Å²) < 4.78 is 3.12. The molecule has 0 saturated carbocycles. The van der Waals surface area contributed by atoms with Crippen LogP contribution >= 0.6 is 11.3 Å². The van der Waals surface area contributed by atoms with E-state index in [0.717, 1.165) is 5.01 Å². The molecule has 0 spiro atoms. The van der Waals surface area contributed by atoms with Crippen molar-refractivity contribution in [3.8, 4) is 11.8 Å². The van der Waals surface area contributed by atoms with Crippen LogP contribution in [0.15, 0.2) is 46.1 Å². The molecule has 3 aromatic rings. The first-order chi connectivity index (χ1) is 12.9. The number of carbonyl (C=O) groups is 1. The lowest BCUT2D eigenvalue weighted by molar-refractivity contribution is -0.112. The summed E-state index contributed by atoms with van der Waals surface area (Å²) in [5.74, 6) is -0.644. The fourth-order valence-electron chi connectivity index (χ4n) is 2.64. The van der Waals surface area contributed by atoms with E-state index in [9.17, 15) is 14.9 Å². The van der Waals surface area contributed by atoms with E-state index in [1.165, 1.54) is 22.1 Å². The number of aryl methyl sites for hydroxylation is 1. The molecule has 1 amide bonds. The normalized spacial score (nSPS) is 11.3. The van der Waals surface area contributed by atoms with Crippen LogP contribution in [-0.4, -0.2) is 20.3 Å². The topological polar surface area (TPSA) is 92.7 Å². The van der Waals surface area contributed by atoms with Gasteiger partial charge in [0.15, 0.2) is 0 Å². The van der Waals surface area contributed by atoms with Crippen LogP contribution in [0.1, 0.15) is 16.4 Å². The highest BCUT2D eigenvalue weighted by Crippen LogP contribution is 2.16. The quantitative estimate of drug-likeness (QED) is 0.557. The van der Waals surface area contributed by atoms with Crippen molar-refractivity contribution in [2.75, 3.05) is 5.32 Å². The molecule has 0 aliphatic heterocycles. The summed E-state index contributed by atoms with van der Waals surface area (Å²) in [7, 11) is 1.73. The van der Waals surface area contributed by atoms with Crippen LogP contribution in [0.3, 0.4) is 0 Å². The summed E-state index contributed by atoms with van der Waals surface area (Å²) in [4.78, 5) is 29.6. The second-order valence-corrected chi connectivity index (χ2v) is 6.91. The van der Waals surface area contributed by atoms with Gasteiger partial charge in [-0.2, -0.15) is 5.26 Å². The Morgan fingerprint density at radius 3 is 2.59 bits per heavy atom. The molecular weight excluding hydrogens is 362 g/mol. The molecule has 3 rings (SSSR count). The van der Waals surface area contributed by atoms with Gasteiger partial charge in [-0.25, -0.2) is 9.67 Å². The summed E-state index contributed by atoms with van der Waals surface area (Å²) >= 11 is 1.43. The van der Waals surface area contributed by atoms with Gasteiger partial charge in [-0.1, -0.05) is 18.2 Å². The summed E-state index contributed by atoms with van der Waals surface area (Å²) in [6.45, 7) is 3.57. The maximum absolute atomic E-state index is 12.8. The van der Waals surface area contributed by atoms with Crippen LogP contribution < -0.4 is 10.9 Å². The first-order valence-electron chi connectivity index (χ1n) is 8.11. The number of benzene rings is 1. The second-order valence-electron chi connectivity index (χ2n) is 5.85. The second kappa shape index (κ2) is 7.43. The van der Waals surface area contributed by atoms with Crippen LogP contribution in [-0.2, 0) is 11.8 Å². The SMILES string of the molecule is Cc1nc(/C=C(\C#N)C(=O)Nc2c(C)n(C)n(-c3ccccc3)c2=O)cs1. The van der Waals surface area contributed by atoms with Gasteiger partial charge in [-0.3, -0.25) is 14.3 Å². The van der Waals surface area contributed by atoms with Gasteiger partial charge in [0.2, 0.25) is 0 Å². The lowest BCUT2D eigenvalue weighted by atomic mass is 10.2. The van der Waals surface area contributed by atoms with E-state index >= 15 is 0 Å². The minimum atomic E-state index is -0.644. The molecule has 2 heterocycles. The van der Waals surface area contributed by atoms with Crippen LogP contribution in [0, 0.1) is 25.2 Å². The van der Waals surface area contributed by atoms with Gasteiger partial charge in [0.1, 0.15) is 17.3 Å². The van der Waals surface area contributed by atoms with E-state index in [2.05, 4.69) is 10.3 Å². The highest BCUT2D eigenvalue weighted by atomic mass is 32.1. The zero-order valence-corrected chi connectivity index (χ0v) is 15.9. The maximum Gasteiger partial charge on any atom is 0.295 e. The van der Waals surface area contributed by atoms with Gasteiger partial charge in [0.05, 0.1) is 22.1 Å². The largest absolute Gasteiger partial charge is 0.315 e. The molecule has 0 fully saturated rings. The van der Waals surface area contributed by atoms with Gasteiger partial charge >= 0.3 is 0 Å². The molecule has 0 atom stereocenters. The van der Waals surface area contributed by atoms with E-state index in [0.29, 0.717) is 17.1 Å². The van der Waals surface area contributed by atoms with Crippen LogP contribution in [0.25, 0.3) is 11.8 Å². The highest BCUT2D eigenvalue weighted by Gasteiger charge is 2.20. The van der Waals surface area contributed by atoms with Crippen LogP contribution in [0.4, 0.5) is 5.69 Å². The third kappa shape index (κ3) is 3.59. The molecule has 27 heavy (non-hydrogen) atoms. The molecular formula is C19H17N5O2S. The smallest absolute Gasteiger partial charge is 0.295 e. The van der Waals surface area contributed by atoms with Crippen molar-refractivity contribution in [1.29, 1.82) is 5.26 Å². The lowest BCUT2D eigenvalue weighted by Gasteiger charge is -2.07. The summed E-state index contributed by atoms with van der Waals surface area (Å²) in [5.41, 5.74) is 1.46. The summed E-state index contributed by atoms with van der Waals surface area (Å²) in [6.07, 6.45) is 1.41. The fourth-order valence-corrected chi connectivity index (χ4v) is 3.21. The Hall–Kier alpha value is -3.44. The molecule has 2 aromatic heterocycles. The lowest BCUT2D eigenvalue weighted by Crippen LogP contribution is -2.23. The number of amides is 1. The number of hydrogen-bond donors (Lipinski definition) is 1. The number of carbonyl (C=O) groups excluding carboxylic acids is 1. The standard InChI is InChI=1S/C19H17N5O2S/c1-12-17(19(26)24(23(12)3)16-7-5-4-6-8-16)22-18(25)14(10-20)9-15-11-27-13(2)21-15/h4-9,11H,1-3H3,(H,22,25)/b14-9+. The zero-order valence-electron chi connectivity index (χ0n) is 15.1. The average Bonchev–Trinajstić information content (AvgIpc) is 3.16. The molecule has 0 bridgehead atoms. The van der Waals surface area contributed by atoms with Crippen LogP contribution in [0.2, 0.25) is 0 Å². The molecule has 0 saturated heterocycles. The number of nitrogens with one attached hydrogen (secondary N) is 1. The van der Waals surface area contributed by atoms with Crippen molar-refractivity contribution < 1.29 is 4.79 Å². The number of anilines is 1. The molecule has 0 unspecified atom stereocenters. The minimum absolute atomic E-state index is 0.116. The van der Waals surface area contributed by atoms with Gasteiger partial charge in [0, 0.05) is 12.4 Å². The minimum Gasteiger partial charge on any atom is -0.315 e. The van der Waals surface area contributed by atoms with Crippen molar-refractivity contribution in [3.05, 3.63) is 68.0 Å². The highest BCUT2D eigenvalue weighted by molar-refractivity contribution is 7.09. The zero-order chi connectivity index (χ0) is 19.6. The Bertz CT molecular complexity index is 1130. The van der Waals surface area contributed by atoms with E-state index in [4.69, 9.17) is 0 Å². The summed E-state index contributed by atoms with van der Waals surface area (Å²) in [6, 6.07) is 11.0. The number of aromatic nitrogens is 3. The number of nitriles is 1. The molecule has 1 N–H and O–H groups in total. The number of thiazole rings is 1. The number of hydrogen-bond acceptors (Lipinski definition) is 5. The van der Waals surface area contributed by atoms with Gasteiger partial charge in [-0.05, 0) is 32.1 Å². The fraction of sp³-hybridized carbons (Fsp3) is 0.158. The van der Waals surface area contributed by atoms with Gasteiger partial charge in [-0.15, -0.1) is 11.3 Å². The van der Waals surface area contributed by atoms with E-state index < -0.39 is 5.91 Å². The van der Waals surface area contributed by atoms with E-state index in [1.54, 1.807) is 36.2 Å². The van der Waals surface area contributed by atoms with Gasteiger partial charge in [0.25, 0.3) is 11.5 Å². The Morgan fingerprint density at radius 1 is 1.30 bits per heavy atom. The molecule has 0 aliphatic rings.